The average molecular weight is 644 g/mol. The zero-order chi connectivity index (χ0) is 33.2. The number of pyridine rings is 1. The Morgan fingerprint density at radius 3 is 2.28 bits per heavy atom. The fourth-order valence-electron chi connectivity index (χ4n) is 5.34. The van der Waals surface area contributed by atoms with Gasteiger partial charge in [0, 0.05) is 23.7 Å². The second kappa shape index (κ2) is 12.7. The highest BCUT2D eigenvalue weighted by Gasteiger charge is 2.28. The van der Waals surface area contributed by atoms with Crippen LogP contribution in [-0.4, -0.2) is 61.4 Å². The molecular weight excluding hydrogens is 609 g/mol. The topological polar surface area (TPSA) is 133 Å². The maximum absolute atomic E-state index is 13.7. The van der Waals surface area contributed by atoms with E-state index in [9.17, 15) is 27.5 Å². The molecule has 2 aromatic heterocycles. The number of halogens is 1. The van der Waals surface area contributed by atoms with Gasteiger partial charge in [0.1, 0.15) is 11.5 Å². The van der Waals surface area contributed by atoms with Crippen molar-refractivity contribution < 1.29 is 27.5 Å². The Labute approximate surface area is 266 Å². The van der Waals surface area contributed by atoms with E-state index in [1.54, 1.807) is 30.3 Å². The minimum atomic E-state index is -3.91. The molecule has 0 saturated carbocycles. The van der Waals surface area contributed by atoms with Crippen LogP contribution in [0.4, 0.5) is 10.1 Å². The lowest BCUT2D eigenvalue weighted by atomic mass is 9.93. The number of fused-ring (bicyclic) bond motifs is 1. The van der Waals surface area contributed by atoms with Crippen LogP contribution in [0.2, 0.25) is 0 Å². The van der Waals surface area contributed by atoms with Gasteiger partial charge < -0.3 is 15.7 Å². The van der Waals surface area contributed by atoms with E-state index in [2.05, 4.69) is 15.7 Å². The van der Waals surface area contributed by atoms with Gasteiger partial charge in [-0.25, -0.2) is 17.3 Å². The minimum absolute atomic E-state index is 0.169. The van der Waals surface area contributed by atoms with Crippen LogP contribution < -0.4 is 14.9 Å². The maximum Gasteiger partial charge on any atom is 0.255 e. The third-order valence-electron chi connectivity index (χ3n) is 7.65. The molecule has 46 heavy (non-hydrogen) atoms. The van der Waals surface area contributed by atoms with Crippen LogP contribution in [0.5, 0.6) is 0 Å². The monoisotopic (exact) mass is 643 g/mol. The number of rotatable bonds is 10. The number of carbonyl (C=O) groups is 2. The van der Waals surface area contributed by atoms with E-state index in [4.69, 9.17) is 0 Å². The Kier molecular flexibility index (Phi) is 8.95. The van der Waals surface area contributed by atoms with Crippen LogP contribution in [-0.2, 0) is 15.6 Å². The Morgan fingerprint density at radius 1 is 0.957 bits per heavy atom. The normalized spacial score (nSPS) is 11.8. The van der Waals surface area contributed by atoms with Crippen molar-refractivity contribution in [1.29, 1.82) is 0 Å². The molecule has 0 aliphatic carbocycles. The Bertz CT molecular complexity index is 2030. The molecule has 0 fully saturated rings. The Morgan fingerprint density at radius 2 is 1.65 bits per heavy atom. The maximum atomic E-state index is 13.7. The summed E-state index contributed by atoms with van der Waals surface area (Å²) >= 11 is 0. The molecule has 238 valence electrons. The summed E-state index contributed by atoms with van der Waals surface area (Å²) in [6.45, 7) is 3.07. The molecule has 3 N–H and O–H groups in total. The molecule has 2 amide bonds. The van der Waals surface area contributed by atoms with Gasteiger partial charge in [-0.2, -0.15) is 5.10 Å². The van der Waals surface area contributed by atoms with Crippen LogP contribution in [0.1, 0.15) is 40.1 Å². The summed E-state index contributed by atoms with van der Waals surface area (Å²) in [6.07, 6.45) is 2.49. The second-order valence-corrected chi connectivity index (χ2v) is 13.2. The van der Waals surface area contributed by atoms with Gasteiger partial charge in [-0.05, 0) is 67.4 Å². The lowest BCUT2D eigenvalue weighted by molar-refractivity contribution is 0.0910. The van der Waals surface area contributed by atoms with Crippen LogP contribution in [0.15, 0.2) is 91.1 Å². The largest absolute Gasteiger partial charge is 0.394 e. The molecule has 0 atom stereocenters. The number of aliphatic hydroxyl groups excluding tert-OH is 1. The molecule has 3 aromatic carbocycles. The number of amides is 2. The fraction of sp³-hybridized carbons (Fsp3) is 0.206. The third kappa shape index (κ3) is 6.49. The first kappa shape index (κ1) is 32.3. The van der Waals surface area contributed by atoms with Crippen molar-refractivity contribution in [1.82, 2.24) is 20.2 Å². The van der Waals surface area contributed by atoms with E-state index in [1.807, 2.05) is 44.2 Å². The predicted octanol–water partition coefficient (Wildman–Crippen LogP) is 4.59. The number of hydrogen-bond acceptors (Lipinski definition) is 6. The quantitative estimate of drug-likeness (QED) is 0.204. The van der Waals surface area contributed by atoms with Crippen molar-refractivity contribution in [3.8, 4) is 22.4 Å². The molecule has 10 nitrogen and oxygen atoms in total. The number of benzene rings is 3. The van der Waals surface area contributed by atoms with Crippen molar-refractivity contribution in [3.05, 3.63) is 114 Å². The molecule has 2 heterocycles. The predicted molar refractivity (Wildman–Crippen MR) is 176 cm³/mol. The first-order chi connectivity index (χ1) is 21.8. The van der Waals surface area contributed by atoms with Gasteiger partial charge in [0.2, 0.25) is 10.0 Å². The molecular formula is C34H34FN5O5S. The van der Waals surface area contributed by atoms with Gasteiger partial charge in [0.15, 0.2) is 0 Å². The molecule has 5 aromatic rings. The van der Waals surface area contributed by atoms with E-state index >= 15 is 0 Å². The number of carbonyl (C=O) groups excluding carboxylic acids is 2. The standard InChI is InChI=1S/C34H34FN5O5S/c1-34(2,25-11-6-5-7-12-25)37-32(42)24-10-8-9-23(19-24)27-20-28-30(33(43)36-3)31(22-13-15-26(35)16-14-22)38-39(28)21-29(27)40(17-18-41)46(4,44)45/h5-16,19-21,41H,17-18H2,1-4H3,(H,36,43)(H,37,42). The van der Waals surface area contributed by atoms with Crippen LogP contribution in [0.3, 0.4) is 0 Å². The molecule has 5 rings (SSSR count). The van der Waals surface area contributed by atoms with E-state index in [-0.39, 0.29) is 29.4 Å². The average Bonchev–Trinajstić information content (AvgIpc) is 3.41. The number of nitrogens with zero attached hydrogens (tertiary/aromatic N) is 3. The summed E-state index contributed by atoms with van der Waals surface area (Å²) in [5.74, 6) is -1.26. The first-order valence-electron chi connectivity index (χ1n) is 14.5. The number of anilines is 1. The number of aromatic nitrogens is 2. The van der Waals surface area contributed by atoms with Gasteiger partial charge in [0.25, 0.3) is 11.8 Å². The molecule has 0 saturated heterocycles. The summed E-state index contributed by atoms with van der Waals surface area (Å²) in [6, 6.07) is 23.4. The molecule has 12 heteroatoms. The highest BCUT2D eigenvalue weighted by atomic mass is 32.2. The lowest BCUT2D eigenvalue weighted by Crippen LogP contribution is -2.40. The smallest absolute Gasteiger partial charge is 0.255 e. The van der Waals surface area contributed by atoms with Gasteiger partial charge in [-0.15, -0.1) is 0 Å². The summed E-state index contributed by atoms with van der Waals surface area (Å²) in [7, 11) is -2.44. The van der Waals surface area contributed by atoms with Crippen molar-refractivity contribution in [2.24, 2.45) is 0 Å². The van der Waals surface area contributed by atoms with E-state index in [0.717, 1.165) is 16.1 Å². The number of aliphatic hydroxyl groups is 1. The van der Waals surface area contributed by atoms with Gasteiger partial charge >= 0.3 is 0 Å². The Balaban J connectivity index is 1.71. The number of hydrogen-bond donors (Lipinski definition) is 3. The summed E-state index contributed by atoms with van der Waals surface area (Å²) in [4.78, 5) is 26.8. The van der Waals surface area contributed by atoms with Crippen LogP contribution >= 0.6 is 0 Å². The van der Waals surface area contributed by atoms with Crippen molar-refractivity contribution in [3.63, 3.8) is 0 Å². The van der Waals surface area contributed by atoms with Crippen LogP contribution in [0.25, 0.3) is 27.9 Å². The zero-order valence-electron chi connectivity index (χ0n) is 25.8. The molecule has 0 radical (unpaired) electrons. The number of sulfonamides is 1. The summed E-state index contributed by atoms with van der Waals surface area (Å²) < 4.78 is 42.2. The highest BCUT2D eigenvalue weighted by molar-refractivity contribution is 7.92. The van der Waals surface area contributed by atoms with Crippen molar-refractivity contribution >= 4 is 33.0 Å². The van der Waals surface area contributed by atoms with Crippen LogP contribution in [0, 0.1) is 5.82 Å². The minimum Gasteiger partial charge on any atom is -0.394 e. The van der Waals surface area contributed by atoms with E-state index in [1.165, 1.54) is 42.0 Å². The summed E-state index contributed by atoms with van der Waals surface area (Å²) in [5.41, 5.74) is 2.84. The fourth-order valence-corrected chi connectivity index (χ4v) is 6.25. The molecule has 0 unspecified atom stereocenters. The highest BCUT2D eigenvalue weighted by Crippen LogP contribution is 2.37. The third-order valence-corrected chi connectivity index (χ3v) is 8.83. The Hall–Kier alpha value is -5.07. The van der Waals surface area contributed by atoms with Gasteiger partial charge in [-0.3, -0.25) is 13.9 Å². The van der Waals surface area contributed by atoms with E-state index in [0.29, 0.717) is 27.8 Å². The molecule has 0 spiro atoms. The summed E-state index contributed by atoms with van der Waals surface area (Å²) in [5, 5.41) is 20.1. The molecule has 0 bridgehead atoms. The zero-order valence-corrected chi connectivity index (χ0v) is 26.6. The van der Waals surface area contributed by atoms with Gasteiger partial charge in [0.05, 0.1) is 47.9 Å². The molecule has 0 aliphatic heterocycles. The van der Waals surface area contributed by atoms with Gasteiger partial charge in [-0.1, -0.05) is 42.5 Å². The van der Waals surface area contributed by atoms with E-state index < -0.39 is 33.9 Å². The SMILES string of the molecule is CNC(=O)c1c(-c2ccc(F)cc2)nn2cc(N(CCO)S(C)(=O)=O)c(-c3cccc(C(=O)NC(C)(C)c4ccccc4)c3)cc12. The van der Waals surface area contributed by atoms with Crippen molar-refractivity contribution in [2.45, 2.75) is 19.4 Å². The molecule has 0 aliphatic rings. The van der Waals surface area contributed by atoms with Crippen molar-refractivity contribution in [2.75, 3.05) is 30.8 Å². The number of nitrogens with one attached hydrogen (secondary N) is 2. The lowest BCUT2D eigenvalue weighted by Gasteiger charge is -2.27. The second-order valence-electron chi connectivity index (χ2n) is 11.3. The first-order valence-corrected chi connectivity index (χ1v) is 16.3.